The van der Waals surface area contributed by atoms with Crippen molar-refractivity contribution < 1.29 is 9.47 Å². The maximum absolute atomic E-state index is 6.33. The van der Waals surface area contributed by atoms with Gasteiger partial charge in [-0.2, -0.15) is 0 Å². The van der Waals surface area contributed by atoms with Gasteiger partial charge in [-0.25, -0.2) is 0 Å². The van der Waals surface area contributed by atoms with Gasteiger partial charge in [-0.15, -0.1) is 0 Å². The Kier molecular flexibility index (Phi) is 42.3. The highest BCUT2D eigenvalue weighted by Crippen LogP contribution is 2.23. The largest absolute Gasteiger partial charge is 0.379 e. The van der Waals surface area contributed by atoms with E-state index in [1.165, 1.54) is 141 Å². The second-order valence-electron chi connectivity index (χ2n) is 13.6. The van der Waals surface area contributed by atoms with Crippen LogP contribution in [0, 0.1) is 0 Å². The van der Waals surface area contributed by atoms with Gasteiger partial charge in [0.15, 0.2) is 0 Å². The van der Waals surface area contributed by atoms with E-state index in [4.69, 9.17) is 9.47 Å². The van der Waals surface area contributed by atoms with Gasteiger partial charge in [0.05, 0.1) is 12.7 Å². The SMILES string of the molecule is CCCCCC=CCC=CCCCCCCCCOCC(CSSCCN(C)C)OCCCCCCCCC=CCC=CCCCCC. The summed E-state index contributed by atoms with van der Waals surface area (Å²) in [6.07, 6.45) is 49.8. The number of hydrogen-bond acceptors (Lipinski definition) is 5. The van der Waals surface area contributed by atoms with Crippen LogP contribution in [0.3, 0.4) is 0 Å². The highest BCUT2D eigenvalue weighted by Gasteiger charge is 2.10. The summed E-state index contributed by atoms with van der Waals surface area (Å²) in [4.78, 5) is 2.25. The maximum atomic E-state index is 6.33. The molecule has 0 aromatic carbocycles. The van der Waals surface area contributed by atoms with Crippen molar-refractivity contribution in [1.29, 1.82) is 0 Å². The molecule has 0 N–H and O–H groups in total. The summed E-state index contributed by atoms with van der Waals surface area (Å²) in [6.45, 7) is 8.14. The van der Waals surface area contributed by atoms with Gasteiger partial charge in [0, 0.05) is 31.3 Å². The van der Waals surface area contributed by atoms with Crippen LogP contribution in [0.15, 0.2) is 48.6 Å². The molecule has 0 aliphatic rings. The molecule has 0 saturated carbocycles. The molecule has 0 rings (SSSR count). The average Bonchev–Trinajstić information content (AvgIpc) is 3.08. The fourth-order valence-corrected chi connectivity index (χ4v) is 7.61. The van der Waals surface area contributed by atoms with Gasteiger partial charge in [0.25, 0.3) is 0 Å². The van der Waals surface area contributed by atoms with Crippen LogP contribution >= 0.6 is 21.6 Å². The molecular formula is C43H81NO2S2. The molecule has 0 aromatic rings. The first-order chi connectivity index (χ1) is 23.7. The van der Waals surface area contributed by atoms with E-state index in [2.05, 4.69) is 81.5 Å². The predicted octanol–water partition coefficient (Wildman–Crippen LogP) is 14.0. The fraction of sp³-hybridized carbons (Fsp3) is 0.814. The minimum Gasteiger partial charge on any atom is -0.379 e. The molecule has 0 radical (unpaired) electrons. The highest BCUT2D eigenvalue weighted by atomic mass is 33.1. The second-order valence-corrected chi connectivity index (χ2v) is 16.3. The van der Waals surface area contributed by atoms with Gasteiger partial charge in [-0.05, 0) is 91.1 Å². The summed E-state index contributed by atoms with van der Waals surface area (Å²) in [6, 6.07) is 0. The van der Waals surface area contributed by atoms with Crippen molar-refractivity contribution >= 4 is 21.6 Å². The van der Waals surface area contributed by atoms with Gasteiger partial charge in [0.1, 0.15) is 0 Å². The van der Waals surface area contributed by atoms with E-state index in [9.17, 15) is 0 Å². The number of nitrogens with zero attached hydrogens (tertiary/aromatic N) is 1. The monoisotopic (exact) mass is 708 g/mol. The summed E-state index contributed by atoms with van der Waals surface area (Å²) in [5.41, 5.74) is 0. The van der Waals surface area contributed by atoms with Gasteiger partial charge >= 0.3 is 0 Å². The molecule has 0 heterocycles. The van der Waals surface area contributed by atoms with E-state index in [0.717, 1.165) is 50.7 Å². The first-order valence-corrected chi connectivity index (χ1v) is 22.9. The molecule has 0 bridgehead atoms. The summed E-state index contributed by atoms with van der Waals surface area (Å²) in [5, 5.41) is 0. The lowest BCUT2D eigenvalue weighted by molar-refractivity contribution is -0.00609. The smallest absolute Gasteiger partial charge is 0.0906 e. The van der Waals surface area contributed by atoms with E-state index in [0.29, 0.717) is 0 Å². The van der Waals surface area contributed by atoms with E-state index in [1.54, 1.807) is 0 Å². The van der Waals surface area contributed by atoms with Crippen LogP contribution in [0.4, 0.5) is 0 Å². The van der Waals surface area contributed by atoms with Crippen molar-refractivity contribution in [1.82, 2.24) is 4.90 Å². The van der Waals surface area contributed by atoms with Crippen molar-refractivity contribution in [3.63, 3.8) is 0 Å². The molecular weight excluding hydrogens is 627 g/mol. The number of rotatable bonds is 39. The average molecular weight is 708 g/mol. The third-order valence-corrected chi connectivity index (χ3v) is 10.9. The van der Waals surface area contributed by atoms with Crippen LogP contribution in [-0.2, 0) is 9.47 Å². The maximum Gasteiger partial charge on any atom is 0.0906 e. The lowest BCUT2D eigenvalue weighted by Crippen LogP contribution is -2.23. The lowest BCUT2D eigenvalue weighted by atomic mass is 10.1. The molecule has 0 fully saturated rings. The molecule has 1 unspecified atom stereocenters. The minimum absolute atomic E-state index is 0.212. The second kappa shape index (κ2) is 42.7. The van der Waals surface area contributed by atoms with Crippen molar-refractivity contribution in [2.45, 2.75) is 174 Å². The van der Waals surface area contributed by atoms with Crippen LogP contribution in [0.1, 0.15) is 168 Å². The molecule has 0 aromatic heterocycles. The first kappa shape index (κ1) is 47.5. The Hall–Kier alpha value is -0.460. The van der Waals surface area contributed by atoms with Crippen molar-refractivity contribution in [2.75, 3.05) is 52.0 Å². The summed E-state index contributed by atoms with van der Waals surface area (Å²) >= 11 is 0. The molecule has 0 spiro atoms. The predicted molar refractivity (Wildman–Crippen MR) is 223 cm³/mol. The normalized spacial score (nSPS) is 13.1. The van der Waals surface area contributed by atoms with E-state index in [-0.39, 0.29) is 6.10 Å². The van der Waals surface area contributed by atoms with Crippen LogP contribution < -0.4 is 0 Å². The minimum atomic E-state index is 0.212. The fourth-order valence-electron chi connectivity index (χ4n) is 5.29. The molecule has 0 aliphatic heterocycles. The lowest BCUT2D eigenvalue weighted by Gasteiger charge is -2.18. The Labute approximate surface area is 309 Å². The highest BCUT2D eigenvalue weighted by molar-refractivity contribution is 8.76. The van der Waals surface area contributed by atoms with Crippen LogP contribution in [-0.4, -0.2) is 63.0 Å². The van der Waals surface area contributed by atoms with Crippen LogP contribution in [0.2, 0.25) is 0 Å². The zero-order valence-electron chi connectivity index (χ0n) is 32.5. The Morgan fingerprint density at radius 2 is 0.938 bits per heavy atom. The molecule has 48 heavy (non-hydrogen) atoms. The topological polar surface area (TPSA) is 21.7 Å². The third-order valence-electron chi connectivity index (χ3n) is 8.45. The van der Waals surface area contributed by atoms with Gasteiger partial charge < -0.3 is 14.4 Å². The summed E-state index contributed by atoms with van der Waals surface area (Å²) in [5.74, 6) is 2.17. The third kappa shape index (κ3) is 41.7. The van der Waals surface area contributed by atoms with Gasteiger partial charge in [0.2, 0.25) is 0 Å². The van der Waals surface area contributed by atoms with E-state index in [1.807, 2.05) is 21.6 Å². The quantitative estimate of drug-likeness (QED) is 0.0359. The number of hydrogen-bond donors (Lipinski definition) is 0. The van der Waals surface area contributed by atoms with Gasteiger partial charge in [-0.3, -0.25) is 0 Å². The number of ether oxygens (including phenoxy) is 2. The van der Waals surface area contributed by atoms with Crippen LogP contribution in [0.5, 0.6) is 0 Å². The zero-order valence-corrected chi connectivity index (χ0v) is 34.1. The van der Waals surface area contributed by atoms with E-state index < -0.39 is 0 Å². The van der Waals surface area contributed by atoms with Gasteiger partial charge in [-0.1, -0.05) is 161 Å². The molecule has 0 amide bonds. The Balaban J connectivity index is 3.84. The molecule has 0 aliphatic carbocycles. The standard InChI is InChI=1S/C43H81NO2S2/c1-5-7-9-11-13-15-17-19-21-23-25-27-29-31-33-35-38-45-41-43(42-48-47-40-37-44(3)4)46-39-36-34-32-30-28-26-24-22-20-18-16-14-12-10-8-6-2/h13-16,19-22,43H,5-12,17-18,23-42H2,1-4H3. The Morgan fingerprint density at radius 1 is 0.500 bits per heavy atom. The zero-order chi connectivity index (χ0) is 34.9. The Morgan fingerprint density at radius 3 is 1.42 bits per heavy atom. The Bertz CT molecular complexity index is 722. The van der Waals surface area contributed by atoms with Crippen molar-refractivity contribution in [3.05, 3.63) is 48.6 Å². The summed E-state index contributed by atoms with van der Waals surface area (Å²) < 4.78 is 12.4. The molecule has 1 atom stereocenters. The van der Waals surface area contributed by atoms with Crippen LogP contribution in [0.25, 0.3) is 0 Å². The number of allylic oxidation sites excluding steroid dienone is 8. The summed E-state index contributed by atoms with van der Waals surface area (Å²) in [7, 11) is 8.21. The molecule has 3 nitrogen and oxygen atoms in total. The molecule has 282 valence electrons. The number of unbranched alkanes of at least 4 members (excludes halogenated alkanes) is 18. The van der Waals surface area contributed by atoms with Crippen molar-refractivity contribution in [2.24, 2.45) is 0 Å². The van der Waals surface area contributed by atoms with Crippen molar-refractivity contribution in [3.8, 4) is 0 Å². The molecule has 0 saturated heterocycles. The first-order valence-electron chi connectivity index (χ1n) is 20.4. The molecule has 5 heteroatoms. The van der Waals surface area contributed by atoms with E-state index >= 15 is 0 Å².